The Kier molecular flexibility index (Phi) is 12.7. The van der Waals surface area contributed by atoms with Crippen LogP contribution < -0.4 is 0 Å². The van der Waals surface area contributed by atoms with Gasteiger partial charge in [-0.2, -0.15) is 11.3 Å². The van der Waals surface area contributed by atoms with E-state index in [0.29, 0.717) is 23.7 Å². The van der Waals surface area contributed by atoms with E-state index in [-0.39, 0.29) is 14.9 Å². The molecule has 0 N–H and O–H groups in total. The molecule has 0 fully saturated rings. The van der Waals surface area contributed by atoms with Crippen LogP contribution in [-0.4, -0.2) is 0 Å². The molecule has 0 aliphatic rings. The van der Waals surface area contributed by atoms with Crippen molar-refractivity contribution >= 4 is 22.7 Å². The van der Waals surface area contributed by atoms with Crippen molar-refractivity contribution in [2.24, 2.45) is 0 Å². The van der Waals surface area contributed by atoms with Gasteiger partial charge < -0.3 is 0 Å². The third-order valence-corrected chi connectivity index (χ3v) is 5.85. The molecule has 0 amide bonds. The molecule has 0 saturated carbocycles. The molecule has 0 radical (unpaired) electrons. The van der Waals surface area contributed by atoms with Crippen molar-refractivity contribution < 1.29 is 0 Å². The fraction of sp³-hybridized carbons (Fsp3) is 0.636. The van der Waals surface area contributed by atoms with Crippen molar-refractivity contribution in [2.45, 2.75) is 93.9 Å². The summed E-state index contributed by atoms with van der Waals surface area (Å²) in [6, 6.07) is 2.25. The predicted molar refractivity (Wildman–Crippen MR) is 118 cm³/mol. The first kappa shape index (κ1) is 25.6. The Hall–Kier alpha value is -0.600. The second-order valence-corrected chi connectivity index (χ2v) is 8.83. The lowest BCUT2D eigenvalue weighted by Crippen LogP contribution is -1.93. The third kappa shape index (κ3) is 7.11. The summed E-state index contributed by atoms with van der Waals surface area (Å²) in [6.45, 7) is 18.1. The highest BCUT2D eigenvalue weighted by atomic mass is 32.1. The highest BCUT2D eigenvalue weighted by Crippen LogP contribution is 2.30. The van der Waals surface area contributed by atoms with Crippen LogP contribution in [0.5, 0.6) is 0 Å². The summed E-state index contributed by atoms with van der Waals surface area (Å²) >= 11 is 3.71. The predicted octanol–water partition coefficient (Wildman–Crippen LogP) is 9.26. The molecule has 0 saturated heterocycles. The van der Waals surface area contributed by atoms with Gasteiger partial charge in [0.1, 0.15) is 0 Å². The molecular weight excluding hydrogens is 328 g/mol. The lowest BCUT2D eigenvalue weighted by molar-refractivity contribution is 0.798. The zero-order chi connectivity index (χ0) is 16.9. The molecule has 0 nitrogen and oxygen atoms in total. The fourth-order valence-corrected chi connectivity index (χ4v) is 4.78. The van der Waals surface area contributed by atoms with Gasteiger partial charge in [-0.05, 0) is 62.6 Å². The first-order chi connectivity index (χ1) is 10.3. The maximum atomic E-state index is 2.28. The molecule has 2 aromatic heterocycles. The van der Waals surface area contributed by atoms with Crippen LogP contribution in [0.15, 0.2) is 22.2 Å². The summed E-state index contributed by atoms with van der Waals surface area (Å²) in [5, 5.41) is 6.75. The molecule has 2 aromatic rings. The Morgan fingerprint density at radius 3 is 1.33 bits per heavy atom. The van der Waals surface area contributed by atoms with Gasteiger partial charge in [0.05, 0.1) is 0 Å². The first-order valence-electron chi connectivity index (χ1n) is 8.38. The molecule has 0 aliphatic heterocycles. The minimum atomic E-state index is 0. The van der Waals surface area contributed by atoms with E-state index in [9.17, 15) is 0 Å². The minimum Gasteiger partial charge on any atom is -0.152 e. The van der Waals surface area contributed by atoms with Gasteiger partial charge in [0.25, 0.3) is 0 Å². The highest BCUT2D eigenvalue weighted by Gasteiger charge is 2.10. The van der Waals surface area contributed by atoms with Gasteiger partial charge in [-0.1, -0.05) is 70.2 Å². The number of hydrogen-bond donors (Lipinski definition) is 0. The zero-order valence-electron chi connectivity index (χ0n) is 15.4. The van der Waals surface area contributed by atoms with E-state index in [2.05, 4.69) is 77.6 Å². The van der Waals surface area contributed by atoms with Gasteiger partial charge in [0.2, 0.25) is 0 Å². The van der Waals surface area contributed by atoms with E-state index in [4.69, 9.17) is 0 Å². The molecule has 140 valence electrons. The van der Waals surface area contributed by atoms with E-state index in [1.807, 2.05) is 22.7 Å². The van der Waals surface area contributed by atoms with Crippen LogP contribution >= 0.6 is 22.7 Å². The molecular formula is C22H40S2. The highest BCUT2D eigenvalue weighted by molar-refractivity contribution is 7.10. The van der Waals surface area contributed by atoms with Crippen LogP contribution in [0.3, 0.4) is 0 Å². The molecule has 2 rings (SSSR count). The second-order valence-electron chi connectivity index (χ2n) is 7.14. The fourth-order valence-electron chi connectivity index (χ4n) is 2.53. The van der Waals surface area contributed by atoms with Gasteiger partial charge >= 0.3 is 0 Å². The summed E-state index contributed by atoms with van der Waals surface area (Å²) in [7, 11) is 0. The third-order valence-electron chi connectivity index (χ3n) is 3.84. The van der Waals surface area contributed by atoms with Crippen molar-refractivity contribution in [3.8, 4) is 0 Å². The van der Waals surface area contributed by atoms with Crippen molar-refractivity contribution in [1.82, 2.24) is 0 Å². The van der Waals surface area contributed by atoms with E-state index in [0.717, 1.165) is 0 Å². The van der Waals surface area contributed by atoms with Gasteiger partial charge in [-0.25, -0.2) is 0 Å². The molecule has 2 heteroatoms. The monoisotopic (exact) mass is 368 g/mol. The van der Waals surface area contributed by atoms with Crippen molar-refractivity contribution in [2.75, 3.05) is 0 Å². The average Bonchev–Trinajstić information content (AvgIpc) is 3.08. The Labute approximate surface area is 160 Å². The van der Waals surface area contributed by atoms with E-state index in [1.165, 1.54) is 16.7 Å². The standard InChI is InChI=1S/2C10H16S.2CH4/c1-7(2)9-5-11-6-10(9)8(3)4;1-7(2)9-5-6-11-10(9)8(3)4;;/h2*5-8H,1-4H3;2*1H4. The zero-order valence-corrected chi connectivity index (χ0v) is 17.1. The smallest absolute Gasteiger partial charge is 0.0105 e. The van der Waals surface area contributed by atoms with Gasteiger partial charge in [0.15, 0.2) is 0 Å². The lowest BCUT2D eigenvalue weighted by atomic mass is 9.95. The largest absolute Gasteiger partial charge is 0.152 e. The maximum absolute atomic E-state index is 2.28. The first-order valence-corrected chi connectivity index (χ1v) is 10.2. The Morgan fingerprint density at radius 1 is 0.625 bits per heavy atom. The molecule has 0 atom stereocenters. The van der Waals surface area contributed by atoms with E-state index >= 15 is 0 Å². The number of thiophene rings is 2. The van der Waals surface area contributed by atoms with Crippen LogP contribution in [0, 0.1) is 0 Å². The molecule has 0 unspecified atom stereocenters. The van der Waals surface area contributed by atoms with Crippen LogP contribution in [0.2, 0.25) is 0 Å². The summed E-state index contributed by atoms with van der Waals surface area (Å²) in [4.78, 5) is 1.56. The second kappa shape index (κ2) is 11.9. The van der Waals surface area contributed by atoms with E-state index < -0.39 is 0 Å². The lowest BCUT2D eigenvalue weighted by Gasteiger charge is -2.09. The molecule has 0 spiro atoms. The summed E-state index contributed by atoms with van der Waals surface area (Å²) in [5.41, 5.74) is 4.60. The summed E-state index contributed by atoms with van der Waals surface area (Å²) in [6.07, 6.45) is 0. The van der Waals surface area contributed by atoms with Crippen molar-refractivity contribution in [3.63, 3.8) is 0 Å². The van der Waals surface area contributed by atoms with Gasteiger partial charge in [-0.15, -0.1) is 11.3 Å². The van der Waals surface area contributed by atoms with Crippen LogP contribution in [0.4, 0.5) is 0 Å². The van der Waals surface area contributed by atoms with E-state index in [1.54, 1.807) is 4.88 Å². The Balaban J connectivity index is 0. The number of hydrogen-bond acceptors (Lipinski definition) is 2. The van der Waals surface area contributed by atoms with Crippen molar-refractivity contribution in [1.29, 1.82) is 0 Å². The average molecular weight is 369 g/mol. The van der Waals surface area contributed by atoms with Gasteiger partial charge in [-0.3, -0.25) is 0 Å². The summed E-state index contributed by atoms with van der Waals surface area (Å²) in [5.74, 6) is 2.73. The summed E-state index contributed by atoms with van der Waals surface area (Å²) < 4.78 is 0. The topological polar surface area (TPSA) is 0 Å². The van der Waals surface area contributed by atoms with Gasteiger partial charge in [0, 0.05) is 4.88 Å². The molecule has 0 aliphatic carbocycles. The Bertz CT molecular complexity index is 447. The van der Waals surface area contributed by atoms with Crippen molar-refractivity contribution in [3.05, 3.63) is 43.8 Å². The quantitative estimate of drug-likeness (QED) is 0.504. The van der Waals surface area contributed by atoms with Crippen LogP contribution in [0.1, 0.15) is 115 Å². The molecule has 0 aromatic carbocycles. The molecule has 24 heavy (non-hydrogen) atoms. The normalized spacial score (nSPS) is 10.5. The SMILES string of the molecule is C.C.CC(C)c1ccsc1C(C)C.CC(C)c1cscc1C(C)C. The molecule has 0 bridgehead atoms. The Morgan fingerprint density at radius 2 is 1.04 bits per heavy atom. The number of rotatable bonds is 4. The molecule has 2 heterocycles. The van der Waals surface area contributed by atoms with Crippen LogP contribution in [0.25, 0.3) is 0 Å². The minimum absolute atomic E-state index is 0. The van der Waals surface area contributed by atoms with Crippen LogP contribution in [-0.2, 0) is 0 Å². The maximum Gasteiger partial charge on any atom is 0.0105 e.